The predicted molar refractivity (Wildman–Crippen MR) is 87.0 cm³/mol. The van der Waals surface area contributed by atoms with E-state index in [2.05, 4.69) is 16.0 Å². The molecular weight excluding hydrogens is 262 g/mol. The molecule has 3 rings (SSSR count). The molecule has 1 aromatic heterocycles. The van der Waals surface area contributed by atoms with E-state index >= 15 is 0 Å². The maximum Gasteiger partial charge on any atom is 0.136 e. The molecule has 1 aliphatic carbocycles. The summed E-state index contributed by atoms with van der Waals surface area (Å²) < 4.78 is 5.48. The number of fused-ring (bicyclic) bond motifs is 1. The van der Waals surface area contributed by atoms with Crippen LogP contribution in [0.5, 0.6) is 5.75 Å². The van der Waals surface area contributed by atoms with E-state index in [1.54, 1.807) is 7.11 Å². The fraction of sp³-hybridized carbons (Fsp3) is 0.471. The van der Waals surface area contributed by atoms with Gasteiger partial charge in [0.2, 0.25) is 0 Å². The van der Waals surface area contributed by atoms with Crippen molar-refractivity contribution in [3.8, 4) is 5.75 Å². The van der Waals surface area contributed by atoms with Gasteiger partial charge in [0.15, 0.2) is 0 Å². The first-order chi connectivity index (χ1) is 10.3. The summed E-state index contributed by atoms with van der Waals surface area (Å²) in [5, 5.41) is 2.27. The average Bonchev–Trinajstić information content (AvgIpc) is 3.05. The molecular formula is C17H23N3O. The highest BCUT2D eigenvalue weighted by Crippen LogP contribution is 2.34. The second kappa shape index (κ2) is 6.31. The second-order valence-corrected chi connectivity index (χ2v) is 5.61. The van der Waals surface area contributed by atoms with Crippen LogP contribution in [-0.2, 0) is 0 Å². The summed E-state index contributed by atoms with van der Waals surface area (Å²) in [6.07, 6.45) is 6.96. The Kier molecular flexibility index (Phi) is 4.25. The van der Waals surface area contributed by atoms with Crippen molar-refractivity contribution in [2.75, 3.05) is 25.1 Å². The number of aromatic nitrogens is 1. The lowest BCUT2D eigenvalue weighted by molar-refractivity contribution is 0.420. The Hall–Kier alpha value is -1.81. The molecule has 0 bridgehead atoms. The molecule has 0 unspecified atom stereocenters. The van der Waals surface area contributed by atoms with Crippen LogP contribution < -0.4 is 15.4 Å². The number of ether oxygens (including phenoxy) is 1. The Labute approximate surface area is 125 Å². The summed E-state index contributed by atoms with van der Waals surface area (Å²) in [5.74, 6) is 1.94. The van der Waals surface area contributed by atoms with Gasteiger partial charge in [0.05, 0.1) is 7.11 Å². The Morgan fingerprint density at radius 3 is 2.76 bits per heavy atom. The molecule has 0 atom stereocenters. The number of benzene rings is 1. The molecule has 1 aromatic carbocycles. The fourth-order valence-electron chi connectivity index (χ4n) is 3.39. The molecule has 4 heteroatoms. The van der Waals surface area contributed by atoms with Gasteiger partial charge in [0, 0.05) is 36.1 Å². The van der Waals surface area contributed by atoms with Crippen LogP contribution in [0.3, 0.4) is 0 Å². The van der Waals surface area contributed by atoms with E-state index in [0.29, 0.717) is 12.6 Å². The number of nitrogens with two attached hydrogens (primary N) is 1. The Bertz CT molecular complexity index is 608. The van der Waals surface area contributed by atoms with Crippen LogP contribution in [0.2, 0.25) is 0 Å². The van der Waals surface area contributed by atoms with Gasteiger partial charge >= 0.3 is 0 Å². The maximum atomic E-state index is 5.84. The first-order valence-corrected chi connectivity index (χ1v) is 7.73. The molecule has 1 saturated carbocycles. The van der Waals surface area contributed by atoms with Crippen LogP contribution in [0, 0.1) is 0 Å². The summed E-state index contributed by atoms with van der Waals surface area (Å²) in [6, 6.07) is 8.74. The zero-order valence-electron chi connectivity index (χ0n) is 12.6. The maximum absolute atomic E-state index is 5.84. The van der Waals surface area contributed by atoms with Gasteiger partial charge in [-0.15, -0.1) is 0 Å². The number of hydrogen-bond donors (Lipinski definition) is 1. The molecule has 1 heterocycles. The third-order valence-electron chi connectivity index (χ3n) is 4.37. The van der Waals surface area contributed by atoms with Crippen molar-refractivity contribution in [2.45, 2.75) is 31.7 Å². The minimum absolute atomic E-state index is 0.567. The Balaban J connectivity index is 2.08. The highest BCUT2D eigenvalue weighted by Gasteiger charge is 2.24. The normalized spacial score (nSPS) is 15.5. The summed E-state index contributed by atoms with van der Waals surface area (Å²) in [6.45, 7) is 1.51. The largest absolute Gasteiger partial charge is 0.496 e. The molecule has 2 N–H and O–H groups in total. The zero-order chi connectivity index (χ0) is 14.7. The van der Waals surface area contributed by atoms with Gasteiger partial charge in [0.25, 0.3) is 0 Å². The van der Waals surface area contributed by atoms with Crippen LogP contribution in [0.4, 0.5) is 5.82 Å². The Morgan fingerprint density at radius 1 is 1.24 bits per heavy atom. The molecule has 0 radical (unpaired) electrons. The van der Waals surface area contributed by atoms with Crippen molar-refractivity contribution in [3.63, 3.8) is 0 Å². The number of nitrogens with zero attached hydrogens (tertiary/aromatic N) is 2. The summed E-state index contributed by atoms with van der Waals surface area (Å²) in [4.78, 5) is 7.06. The fourth-order valence-corrected chi connectivity index (χ4v) is 3.39. The van der Waals surface area contributed by atoms with E-state index in [1.165, 1.54) is 25.7 Å². The van der Waals surface area contributed by atoms with Crippen LogP contribution in [-0.4, -0.2) is 31.2 Å². The highest BCUT2D eigenvalue weighted by atomic mass is 16.5. The lowest BCUT2D eigenvalue weighted by atomic mass is 10.1. The van der Waals surface area contributed by atoms with E-state index in [0.717, 1.165) is 28.9 Å². The predicted octanol–water partition coefficient (Wildman–Crippen LogP) is 2.95. The molecule has 21 heavy (non-hydrogen) atoms. The standard InChI is InChI=1S/C17H23N3O/c1-21-16-8-4-7-15-14(16)9-11-19-17(15)20(12-10-18)13-5-2-3-6-13/h4,7-9,11,13H,2-3,5-6,10,12,18H2,1H3. The minimum atomic E-state index is 0.567. The van der Waals surface area contributed by atoms with Crippen LogP contribution in [0.25, 0.3) is 10.8 Å². The first kappa shape index (κ1) is 14.1. The number of pyridine rings is 1. The van der Waals surface area contributed by atoms with Gasteiger partial charge in [-0.1, -0.05) is 25.0 Å². The van der Waals surface area contributed by atoms with Gasteiger partial charge in [-0.05, 0) is 25.0 Å². The third-order valence-corrected chi connectivity index (χ3v) is 4.37. The van der Waals surface area contributed by atoms with Crippen molar-refractivity contribution in [3.05, 3.63) is 30.5 Å². The quantitative estimate of drug-likeness (QED) is 0.917. The van der Waals surface area contributed by atoms with Gasteiger partial charge < -0.3 is 15.4 Å². The SMILES string of the molecule is COc1cccc2c(N(CCN)C3CCCC3)nccc12. The van der Waals surface area contributed by atoms with E-state index in [1.807, 2.05) is 24.4 Å². The van der Waals surface area contributed by atoms with Crippen LogP contribution in [0.15, 0.2) is 30.5 Å². The van der Waals surface area contributed by atoms with Crippen molar-refractivity contribution >= 4 is 16.6 Å². The lowest BCUT2D eigenvalue weighted by Gasteiger charge is -2.30. The van der Waals surface area contributed by atoms with E-state index in [4.69, 9.17) is 10.5 Å². The van der Waals surface area contributed by atoms with E-state index in [-0.39, 0.29) is 0 Å². The minimum Gasteiger partial charge on any atom is -0.496 e. The van der Waals surface area contributed by atoms with Gasteiger partial charge in [-0.3, -0.25) is 0 Å². The van der Waals surface area contributed by atoms with Gasteiger partial charge in [-0.2, -0.15) is 0 Å². The average molecular weight is 285 g/mol. The van der Waals surface area contributed by atoms with E-state index in [9.17, 15) is 0 Å². The molecule has 1 fully saturated rings. The molecule has 112 valence electrons. The smallest absolute Gasteiger partial charge is 0.136 e. The van der Waals surface area contributed by atoms with Gasteiger partial charge in [0.1, 0.15) is 11.6 Å². The van der Waals surface area contributed by atoms with Gasteiger partial charge in [-0.25, -0.2) is 4.98 Å². The number of anilines is 1. The van der Waals surface area contributed by atoms with Crippen LogP contribution in [0.1, 0.15) is 25.7 Å². The topological polar surface area (TPSA) is 51.4 Å². The first-order valence-electron chi connectivity index (χ1n) is 7.73. The molecule has 0 spiro atoms. The Morgan fingerprint density at radius 2 is 2.05 bits per heavy atom. The van der Waals surface area contributed by atoms with Crippen molar-refractivity contribution < 1.29 is 4.74 Å². The monoisotopic (exact) mass is 285 g/mol. The summed E-state index contributed by atoms with van der Waals surface area (Å²) in [5.41, 5.74) is 5.84. The van der Waals surface area contributed by atoms with E-state index < -0.39 is 0 Å². The van der Waals surface area contributed by atoms with Crippen LogP contribution >= 0.6 is 0 Å². The lowest BCUT2D eigenvalue weighted by Crippen LogP contribution is -2.38. The third kappa shape index (κ3) is 2.68. The summed E-state index contributed by atoms with van der Waals surface area (Å²) >= 11 is 0. The number of methoxy groups -OCH3 is 1. The number of rotatable bonds is 5. The highest BCUT2D eigenvalue weighted by molar-refractivity contribution is 5.96. The molecule has 4 nitrogen and oxygen atoms in total. The second-order valence-electron chi connectivity index (χ2n) is 5.61. The molecule has 0 amide bonds. The van der Waals surface area contributed by atoms with Crippen molar-refractivity contribution in [2.24, 2.45) is 5.73 Å². The number of hydrogen-bond acceptors (Lipinski definition) is 4. The van der Waals surface area contributed by atoms with Crippen molar-refractivity contribution in [1.29, 1.82) is 0 Å². The molecule has 2 aromatic rings. The molecule has 0 aliphatic heterocycles. The molecule has 0 saturated heterocycles. The zero-order valence-corrected chi connectivity index (χ0v) is 12.6. The molecule has 1 aliphatic rings. The summed E-state index contributed by atoms with van der Waals surface area (Å²) in [7, 11) is 1.71. The van der Waals surface area contributed by atoms with Crippen molar-refractivity contribution in [1.82, 2.24) is 4.98 Å².